The molecule has 1 fully saturated rings. The summed E-state index contributed by atoms with van der Waals surface area (Å²) >= 11 is 6.18. The number of aromatic nitrogens is 3. The fraction of sp³-hybridized carbons (Fsp3) is 0.543. The van der Waals surface area contributed by atoms with E-state index in [0.717, 1.165) is 35.4 Å². The number of nitrogens with one attached hydrogen (secondary N) is 1. The number of amides is 2. The smallest absolute Gasteiger partial charge is 0.410 e. The SMILES string of the molecule is Cc1cc(CN(C)C(=O)c2ccc(CC3CCC(C(O[Si](C)(C)C(C)(C)C)c4ccc(Cl)nc4)N3C(=O)OC(C)(C)C)cc2)[nH]n1. The highest BCUT2D eigenvalue weighted by Gasteiger charge is 2.47. The summed E-state index contributed by atoms with van der Waals surface area (Å²) < 4.78 is 13.1. The van der Waals surface area contributed by atoms with E-state index >= 15 is 0 Å². The Labute approximate surface area is 280 Å². The van der Waals surface area contributed by atoms with Gasteiger partial charge in [-0.15, -0.1) is 0 Å². The first-order valence-corrected chi connectivity index (χ1v) is 19.3. The molecule has 3 atom stereocenters. The van der Waals surface area contributed by atoms with Crippen molar-refractivity contribution in [1.29, 1.82) is 0 Å². The summed E-state index contributed by atoms with van der Waals surface area (Å²) in [6, 6.07) is 13.0. The maximum atomic E-state index is 14.0. The maximum absolute atomic E-state index is 14.0. The summed E-state index contributed by atoms with van der Waals surface area (Å²) in [4.78, 5) is 35.0. The van der Waals surface area contributed by atoms with Crippen molar-refractivity contribution in [1.82, 2.24) is 25.0 Å². The number of pyridine rings is 1. The molecule has 0 radical (unpaired) electrons. The van der Waals surface area contributed by atoms with Crippen LogP contribution in [0.1, 0.15) is 93.4 Å². The van der Waals surface area contributed by atoms with Crippen molar-refractivity contribution >= 4 is 31.9 Å². The zero-order valence-electron chi connectivity index (χ0n) is 29.0. The molecule has 0 saturated carbocycles. The Hall–Kier alpha value is -3.21. The molecule has 1 N–H and O–H groups in total. The molecule has 4 rings (SSSR count). The minimum Gasteiger partial charge on any atom is -0.444 e. The Bertz CT molecular complexity index is 1490. The number of ether oxygens (including phenoxy) is 1. The summed E-state index contributed by atoms with van der Waals surface area (Å²) in [5.74, 6) is -0.0719. The fourth-order valence-corrected chi connectivity index (χ4v) is 6.98. The van der Waals surface area contributed by atoms with Gasteiger partial charge in [-0.2, -0.15) is 5.10 Å². The number of nitrogens with zero attached hydrogens (tertiary/aromatic N) is 4. The van der Waals surface area contributed by atoms with Crippen LogP contribution in [0, 0.1) is 6.92 Å². The van der Waals surface area contributed by atoms with Crippen LogP contribution in [0.15, 0.2) is 48.7 Å². The Morgan fingerprint density at radius 3 is 2.30 bits per heavy atom. The van der Waals surface area contributed by atoms with Crippen LogP contribution in [0.4, 0.5) is 4.79 Å². The number of hydrogen-bond donors (Lipinski definition) is 1. The van der Waals surface area contributed by atoms with Crippen molar-refractivity contribution in [2.75, 3.05) is 7.05 Å². The van der Waals surface area contributed by atoms with Gasteiger partial charge in [0.25, 0.3) is 5.91 Å². The van der Waals surface area contributed by atoms with Crippen molar-refractivity contribution in [2.45, 2.75) is 116 Å². The van der Waals surface area contributed by atoms with E-state index in [1.165, 1.54) is 0 Å². The van der Waals surface area contributed by atoms with Gasteiger partial charge in [0.2, 0.25) is 0 Å². The van der Waals surface area contributed by atoms with Crippen LogP contribution in [-0.4, -0.2) is 70.0 Å². The van der Waals surface area contributed by atoms with Gasteiger partial charge >= 0.3 is 6.09 Å². The fourth-order valence-electron chi connectivity index (χ4n) is 5.59. The second-order valence-corrected chi connectivity index (χ2v) is 20.1. The lowest BCUT2D eigenvalue weighted by atomic mass is 10.0. The molecule has 1 aliphatic rings. The summed E-state index contributed by atoms with van der Waals surface area (Å²) in [5, 5.41) is 7.48. The van der Waals surface area contributed by atoms with Gasteiger partial charge in [-0.1, -0.05) is 50.6 Å². The lowest BCUT2D eigenvalue weighted by molar-refractivity contribution is -0.00244. The molecule has 2 aromatic heterocycles. The molecule has 1 saturated heterocycles. The first-order valence-electron chi connectivity index (χ1n) is 16.0. The molecular formula is C35H50ClN5O4Si. The average Bonchev–Trinajstić information content (AvgIpc) is 3.56. The summed E-state index contributed by atoms with van der Waals surface area (Å²) in [6.45, 7) is 19.1. The molecule has 9 nitrogen and oxygen atoms in total. The number of carbonyl (C=O) groups excluding carboxylic acids is 2. The Balaban J connectivity index is 1.60. The zero-order valence-corrected chi connectivity index (χ0v) is 30.7. The van der Waals surface area contributed by atoms with E-state index in [0.29, 0.717) is 23.7 Å². The van der Waals surface area contributed by atoms with Crippen LogP contribution in [0.5, 0.6) is 0 Å². The summed E-state index contributed by atoms with van der Waals surface area (Å²) in [6.07, 6.45) is 3.18. The molecule has 1 aliphatic heterocycles. The number of halogens is 1. The van der Waals surface area contributed by atoms with Gasteiger partial charge in [-0.3, -0.25) is 14.8 Å². The van der Waals surface area contributed by atoms with Crippen molar-refractivity contribution in [2.24, 2.45) is 0 Å². The lowest BCUT2D eigenvalue weighted by Crippen LogP contribution is -2.50. The minimum absolute atomic E-state index is 0.0373. The van der Waals surface area contributed by atoms with Crippen LogP contribution in [0.25, 0.3) is 0 Å². The van der Waals surface area contributed by atoms with E-state index in [-0.39, 0.29) is 29.1 Å². The third kappa shape index (κ3) is 8.77. The third-order valence-electron chi connectivity index (χ3n) is 8.99. The largest absolute Gasteiger partial charge is 0.444 e. The van der Waals surface area contributed by atoms with Gasteiger partial charge in [-0.05, 0) is 94.9 Å². The van der Waals surface area contributed by atoms with E-state index in [1.54, 1.807) is 24.2 Å². The minimum atomic E-state index is -2.27. The number of aryl methyl sites for hydroxylation is 1. The number of H-pyrrole nitrogens is 1. The topological polar surface area (TPSA) is 101 Å². The van der Waals surface area contributed by atoms with Gasteiger partial charge in [0.15, 0.2) is 8.32 Å². The Kier molecular flexibility index (Phi) is 10.7. The van der Waals surface area contributed by atoms with Crippen LogP contribution >= 0.6 is 11.6 Å². The van der Waals surface area contributed by atoms with Gasteiger partial charge in [0, 0.05) is 30.4 Å². The van der Waals surface area contributed by atoms with E-state index in [4.69, 9.17) is 20.8 Å². The first kappa shape index (κ1) is 35.6. The molecule has 11 heteroatoms. The maximum Gasteiger partial charge on any atom is 0.410 e. The third-order valence-corrected chi connectivity index (χ3v) is 13.7. The zero-order chi connectivity index (χ0) is 34.0. The standard InChI is InChI=1S/C35H50ClN5O4Si/c1-23-19-27(39-38-23)22-40(8)32(42)25-13-11-24(12-14-25)20-28-16-17-29(41(28)33(43)44-34(2,3)4)31(26-15-18-30(36)37-21-26)45-46(9,10)35(5,6)7/h11-15,18-19,21,28-29,31H,16-17,20,22H2,1-10H3,(H,38,39). The van der Waals surface area contributed by atoms with Crippen LogP contribution in [-0.2, 0) is 22.1 Å². The highest BCUT2D eigenvalue weighted by Crippen LogP contribution is 2.44. The average molecular weight is 668 g/mol. The van der Waals surface area contributed by atoms with Crippen LogP contribution in [0.3, 0.4) is 0 Å². The molecular weight excluding hydrogens is 618 g/mol. The quantitative estimate of drug-likeness (QED) is 0.183. The monoisotopic (exact) mass is 667 g/mol. The molecule has 250 valence electrons. The van der Waals surface area contributed by atoms with E-state index in [9.17, 15) is 9.59 Å². The predicted molar refractivity (Wildman–Crippen MR) is 184 cm³/mol. The molecule has 46 heavy (non-hydrogen) atoms. The number of likely N-dealkylation sites (tertiary alicyclic amines) is 1. The number of carbonyl (C=O) groups is 2. The van der Waals surface area contributed by atoms with E-state index in [2.05, 4.69) is 49.0 Å². The summed E-state index contributed by atoms with van der Waals surface area (Å²) in [7, 11) is -0.490. The highest BCUT2D eigenvalue weighted by molar-refractivity contribution is 6.74. The lowest BCUT2D eigenvalue weighted by Gasteiger charge is -2.43. The number of hydrogen-bond acceptors (Lipinski definition) is 6. The molecule has 3 unspecified atom stereocenters. The van der Waals surface area contributed by atoms with Gasteiger partial charge in [0.1, 0.15) is 10.8 Å². The van der Waals surface area contributed by atoms with Crippen molar-refractivity contribution in [3.05, 3.63) is 81.9 Å². The number of rotatable bonds is 9. The first-order chi connectivity index (χ1) is 21.3. The molecule has 3 aromatic rings. The van der Waals surface area contributed by atoms with Crippen LogP contribution in [0.2, 0.25) is 23.3 Å². The van der Waals surface area contributed by atoms with Gasteiger partial charge in [-0.25, -0.2) is 9.78 Å². The van der Waals surface area contributed by atoms with E-state index < -0.39 is 20.0 Å². The second kappa shape index (κ2) is 13.9. The normalized spacial score (nSPS) is 18.0. The molecule has 3 heterocycles. The van der Waals surface area contributed by atoms with Gasteiger partial charge in [0.05, 0.1) is 30.1 Å². The number of benzene rings is 1. The number of aromatic amines is 1. The van der Waals surface area contributed by atoms with Gasteiger partial charge < -0.3 is 14.1 Å². The molecule has 0 bridgehead atoms. The van der Waals surface area contributed by atoms with Crippen molar-refractivity contribution in [3.63, 3.8) is 0 Å². The van der Waals surface area contributed by atoms with Crippen molar-refractivity contribution < 1.29 is 18.8 Å². The summed E-state index contributed by atoms with van der Waals surface area (Å²) in [5.41, 5.74) is 3.65. The second-order valence-electron chi connectivity index (χ2n) is 15.0. The molecule has 0 aliphatic carbocycles. The Morgan fingerprint density at radius 2 is 1.76 bits per heavy atom. The molecule has 2 amide bonds. The van der Waals surface area contributed by atoms with E-state index in [1.807, 2.05) is 69.0 Å². The van der Waals surface area contributed by atoms with Crippen LogP contribution < -0.4 is 0 Å². The predicted octanol–water partition coefficient (Wildman–Crippen LogP) is 8.11. The molecule has 1 aromatic carbocycles. The Morgan fingerprint density at radius 1 is 1.09 bits per heavy atom. The highest BCUT2D eigenvalue weighted by atomic mass is 35.5. The molecule has 0 spiro atoms. The van der Waals surface area contributed by atoms with Crippen molar-refractivity contribution in [3.8, 4) is 0 Å².